The number of carbonyl (C=O) groups excluding carboxylic acids is 2. The third-order valence-electron chi connectivity index (χ3n) is 6.31. The van der Waals surface area contributed by atoms with Gasteiger partial charge in [-0.3, -0.25) is 0 Å². The summed E-state index contributed by atoms with van der Waals surface area (Å²) >= 11 is 12.6. The molecule has 0 saturated heterocycles. The second-order valence-corrected chi connectivity index (χ2v) is 9.60. The van der Waals surface area contributed by atoms with Gasteiger partial charge in [0.15, 0.2) is 0 Å². The smallest absolute Gasteiger partial charge is 0.362 e. The predicted molar refractivity (Wildman–Crippen MR) is 144 cm³/mol. The maximum atomic E-state index is 13.3. The van der Waals surface area contributed by atoms with Crippen LogP contribution in [0.2, 0.25) is 10.0 Å². The first-order chi connectivity index (χ1) is 17.2. The largest absolute Gasteiger partial charge is 0.387 e. The highest BCUT2D eigenvalue weighted by Crippen LogP contribution is 2.38. The first-order valence-electron chi connectivity index (χ1n) is 11.4. The van der Waals surface area contributed by atoms with Gasteiger partial charge in [0.1, 0.15) is 11.2 Å². The summed E-state index contributed by atoms with van der Waals surface area (Å²) in [5.41, 5.74) is 3.17. The van der Waals surface area contributed by atoms with Gasteiger partial charge in [-0.05, 0) is 49.4 Å². The Morgan fingerprint density at radius 2 is 1.56 bits per heavy atom. The van der Waals surface area contributed by atoms with Crippen LogP contribution in [0, 0.1) is 0 Å². The van der Waals surface area contributed by atoms with Gasteiger partial charge in [-0.25, -0.2) is 9.59 Å². The zero-order valence-corrected chi connectivity index (χ0v) is 21.7. The van der Waals surface area contributed by atoms with E-state index in [0.717, 1.165) is 27.9 Å². The van der Waals surface area contributed by atoms with Crippen molar-refractivity contribution < 1.29 is 14.3 Å². The van der Waals surface area contributed by atoms with Crippen LogP contribution < -0.4 is 5.32 Å². The van der Waals surface area contributed by atoms with Gasteiger partial charge in [-0.1, -0.05) is 83.9 Å². The van der Waals surface area contributed by atoms with Crippen molar-refractivity contribution in [3.63, 3.8) is 0 Å². The molecular formula is C29H26Cl2N2O3. The van der Waals surface area contributed by atoms with E-state index in [1.807, 2.05) is 60.7 Å². The Hall–Kier alpha value is -3.38. The van der Waals surface area contributed by atoms with Gasteiger partial charge < -0.3 is 14.6 Å². The molecule has 0 saturated carbocycles. The fourth-order valence-corrected chi connectivity index (χ4v) is 4.52. The lowest BCUT2D eigenvalue weighted by molar-refractivity contribution is -0.144. The fraction of sp³-hybridized carbons (Fsp3) is 0.172. The van der Waals surface area contributed by atoms with Crippen LogP contribution in [0.4, 0.5) is 0 Å². The summed E-state index contributed by atoms with van der Waals surface area (Å²) in [6.07, 6.45) is 0.366. The predicted octanol–water partition coefficient (Wildman–Crippen LogP) is 6.57. The minimum atomic E-state index is -1.09. The molecule has 5 nitrogen and oxygen atoms in total. The summed E-state index contributed by atoms with van der Waals surface area (Å²) in [6.45, 7) is 1.72. The monoisotopic (exact) mass is 520 g/mol. The quantitative estimate of drug-likeness (QED) is 0.221. The second-order valence-electron chi connectivity index (χ2n) is 8.76. The Bertz CT molecular complexity index is 1400. The molecule has 1 aromatic heterocycles. The van der Waals surface area contributed by atoms with Crippen LogP contribution in [0.25, 0.3) is 22.4 Å². The van der Waals surface area contributed by atoms with Gasteiger partial charge in [0, 0.05) is 34.6 Å². The number of nitrogens with zero attached hydrogens (tertiary/aromatic N) is 1. The highest BCUT2D eigenvalue weighted by atomic mass is 35.5. The number of ether oxygens (including phenoxy) is 1. The molecule has 0 bridgehead atoms. The summed E-state index contributed by atoms with van der Waals surface area (Å²) < 4.78 is 7.13. The van der Waals surface area contributed by atoms with Gasteiger partial charge in [-0.15, -0.1) is 0 Å². The van der Waals surface area contributed by atoms with E-state index in [1.54, 1.807) is 49.9 Å². The van der Waals surface area contributed by atoms with E-state index in [9.17, 15) is 9.59 Å². The van der Waals surface area contributed by atoms with Crippen molar-refractivity contribution in [3.8, 4) is 22.4 Å². The highest BCUT2D eigenvalue weighted by Gasteiger charge is 2.36. The first kappa shape index (κ1) is 25.7. The standard InChI is InChI=1S/C29H26Cl2N2O3/c1-29(32-2,18-19-9-5-4-6-10-19)28(35)36-27(34)25-17-23(22-11-7-8-12-24(22)31)26(33(25)3)20-13-15-21(30)16-14-20/h4-17,32H,18H2,1-3H3/t29-/m0/s1. The Balaban J connectivity index is 1.71. The molecule has 0 aliphatic heterocycles. The number of esters is 2. The number of nitrogens with one attached hydrogen (secondary N) is 1. The van der Waals surface area contributed by atoms with Crippen LogP contribution in [0.15, 0.2) is 84.9 Å². The lowest BCUT2D eigenvalue weighted by atomic mass is 9.93. The van der Waals surface area contributed by atoms with Gasteiger partial charge in [-0.2, -0.15) is 0 Å². The van der Waals surface area contributed by atoms with E-state index < -0.39 is 17.5 Å². The molecule has 4 aromatic rings. The normalized spacial score (nSPS) is 12.7. The average Bonchev–Trinajstić information content (AvgIpc) is 3.22. The lowest BCUT2D eigenvalue weighted by Gasteiger charge is -2.26. The SMILES string of the molecule is CN[C@@](C)(Cc1ccccc1)C(=O)OC(=O)c1cc(-c2ccccc2Cl)c(-c2ccc(Cl)cc2)n1C. The molecular weight excluding hydrogens is 495 g/mol. The third-order valence-corrected chi connectivity index (χ3v) is 6.89. The Labute approximate surface area is 220 Å². The van der Waals surface area contributed by atoms with Crippen molar-refractivity contribution in [1.82, 2.24) is 9.88 Å². The van der Waals surface area contributed by atoms with E-state index in [1.165, 1.54) is 0 Å². The summed E-state index contributed by atoms with van der Waals surface area (Å²) in [5.74, 6) is -1.40. The van der Waals surface area contributed by atoms with Crippen LogP contribution in [-0.2, 0) is 23.0 Å². The fourth-order valence-electron chi connectivity index (χ4n) is 4.16. The van der Waals surface area contributed by atoms with Gasteiger partial charge in [0.25, 0.3) is 0 Å². The van der Waals surface area contributed by atoms with E-state index in [0.29, 0.717) is 16.5 Å². The molecule has 0 aliphatic rings. The van der Waals surface area contributed by atoms with Gasteiger partial charge in [0.05, 0.1) is 5.69 Å². The van der Waals surface area contributed by atoms with Crippen LogP contribution >= 0.6 is 23.2 Å². The number of rotatable bonds is 7. The van der Waals surface area contributed by atoms with Crippen LogP contribution in [0.5, 0.6) is 0 Å². The molecule has 1 N–H and O–H groups in total. The zero-order valence-electron chi connectivity index (χ0n) is 20.2. The molecule has 4 rings (SSSR count). The minimum absolute atomic E-state index is 0.224. The molecule has 0 spiro atoms. The van der Waals surface area contributed by atoms with E-state index in [2.05, 4.69) is 5.32 Å². The molecule has 0 aliphatic carbocycles. The van der Waals surface area contributed by atoms with Crippen molar-refractivity contribution in [2.45, 2.75) is 18.9 Å². The van der Waals surface area contributed by atoms with Crippen molar-refractivity contribution in [2.75, 3.05) is 7.05 Å². The number of carbonyl (C=O) groups is 2. The zero-order chi connectivity index (χ0) is 25.9. The number of likely N-dealkylation sites (N-methyl/N-ethyl adjacent to an activating group) is 1. The molecule has 0 unspecified atom stereocenters. The molecule has 1 heterocycles. The molecule has 0 amide bonds. The summed E-state index contributed by atoms with van der Waals surface area (Å²) in [7, 11) is 3.43. The van der Waals surface area contributed by atoms with Crippen molar-refractivity contribution in [3.05, 3.63) is 106 Å². The maximum Gasteiger partial charge on any atom is 0.362 e. The van der Waals surface area contributed by atoms with Crippen LogP contribution in [-0.4, -0.2) is 29.1 Å². The molecule has 184 valence electrons. The number of benzene rings is 3. The summed E-state index contributed by atoms with van der Waals surface area (Å²) in [6, 6.07) is 26.0. The first-order valence-corrected chi connectivity index (χ1v) is 12.2. The van der Waals surface area contributed by atoms with Gasteiger partial charge in [0.2, 0.25) is 0 Å². The van der Waals surface area contributed by atoms with E-state index >= 15 is 0 Å². The molecule has 36 heavy (non-hydrogen) atoms. The topological polar surface area (TPSA) is 60.3 Å². The van der Waals surface area contributed by atoms with Crippen molar-refractivity contribution >= 4 is 35.1 Å². The van der Waals surface area contributed by atoms with Gasteiger partial charge >= 0.3 is 11.9 Å². The molecule has 0 fully saturated rings. The third kappa shape index (κ3) is 5.24. The van der Waals surface area contributed by atoms with Crippen LogP contribution in [0.1, 0.15) is 23.0 Å². The number of hydrogen-bond donors (Lipinski definition) is 1. The van der Waals surface area contributed by atoms with E-state index in [4.69, 9.17) is 27.9 Å². The number of hydrogen-bond acceptors (Lipinski definition) is 4. The van der Waals surface area contributed by atoms with E-state index in [-0.39, 0.29) is 5.69 Å². The van der Waals surface area contributed by atoms with Crippen molar-refractivity contribution in [1.29, 1.82) is 0 Å². The molecule has 3 aromatic carbocycles. The number of halogens is 2. The molecule has 1 atom stereocenters. The maximum absolute atomic E-state index is 13.3. The lowest BCUT2D eigenvalue weighted by Crippen LogP contribution is -2.51. The minimum Gasteiger partial charge on any atom is -0.387 e. The van der Waals surface area contributed by atoms with Crippen LogP contribution in [0.3, 0.4) is 0 Å². The second kappa shape index (κ2) is 10.7. The summed E-state index contributed by atoms with van der Waals surface area (Å²) in [5, 5.41) is 4.16. The Morgan fingerprint density at radius 1 is 0.917 bits per heavy atom. The average molecular weight is 521 g/mol. The Kier molecular flexibility index (Phi) is 7.65. The van der Waals surface area contributed by atoms with Crippen molar-refractivity contribution in [2.24, 2.45) is 7.05 Å². The Morgan fingerprint density at radius 3 is 2.19 bits per heavy atom. The number of aromatic nitrogens is 1. The molecule has 0 radical (unpaired) electrons. The highest BCUT2D eigenvalue weighted by molar-refractivity contribution is 6.33. The molecule has 7 heteroatoms. The summed E-state index contributed by atoms with van der Waals surface area (Å²) in [4.78, 5) is 26.5.